The maximum Gasteiger partial charge on any atom is 0.311 e. The van der Waals surface area contributed by atoms with Crippen molar-refractivity contribution in [1.82, 2.24) is 15.5 Å². The molecule has 0 aromatic rings. The lowest BCUT2D eigenvalue weighted by Gasteiger charge is -2.49. The van der Waals surface area contributed by atoms with Gasteiger partial charge in [-0.2, -0.15) is 0 Å². The van der Waals surface area contributed by atoms with Crippen molar-refractivity contribution < 1.29 is 73.4 Å². The third-order valence-corrected chi connectivity index (χ3v) is 13.5. The molecule has 19 atom stereocenters. The largest absolute Gasteiger partial charge is 0.481 e. The second kappa shape index (κ2) is 22.2. The van der Waals surface area contributed by atoms with Crippen molar-refractivity contribution in [3.8, 4) is 0 Å². The molecule has 3 aliphatic heterocycles. The molecule has 0 aromatic heterocycles. The number of aliphatic carboxylic acids is 1. The van der Waals surface area contributed by atoms with Gasteiger partial charge in [0.1, 0.15) is 23.9 Å². The Labute approximate surface area is 362 Å². The highest BCUT2D eigenvalue weighted by atomic mass is 16.7. The molecule has 18 nitrogen and oxygen atoms in total. The number of nitrogens with zero attached hydrogens (tertiary/aromatic N) is 1. The van der Waals surface area contributed by atoms with Gasteiger partial charge in [-0.05, 0) is 80.8 Å². The van der Waals surface area contributed by atoms with E-state index in [-0.39, 0.29) is 57.3 Å². The smallest absolute Gasteiger partial charge is 0.311 e. The quantitative estimate of drug-likeness (QED) is 0.0900. The maximum atomic E-state index is 14.4. The number of esters is 1. The predicted molar refractivity (Wildman–Crippen MR) is 223 cm³/mol. The molecule has 8 N–H and O–H groups in total. The first-order valence-electron chi connectivity index (χ1n) is 22.0. The van der Waals surface area contributed by atoms with Crippen LogP contribution in [-0.4, -0.2) is 178 Å². The number of cyclic esters (lactones) is 1. The van der Waals surface area contributed by atoms with Crippen LogP contribution in [0.1, 0.15) is 108 Å². The Morgan fingerprint density at radius 3 is 2.11 bits per heavy atom. The second-order valence-electron chi connectivity index (χ2n) is 18.9. The fourth-order valence-corrected chi connectivity index (χ4v) is 9.74. The minimum atomic E-state index is -1.96. The average Bonchev–Trinajstić information content (AvgIpc) is 3.18. The van der Waals surface area contributed by atoms with Crippen LogP contribution in [0.2, 0.25) is 0 Å². The van der Waals surface area contributed by atoms with Crippen LogP contribution in [0.5, 0.6) is 0 Å². The standard InChI is InChI=1S/C43H79N3O15/c1-14-29-43(10,55)36(51)24(4)33(45-18-17-44-30(47)15-16-31(48)49)22(2)20-41(8,54)38(61-40-34(50)28(46(11)12)19-23(3)57-40)25(5)35(26(6)39(53)59-29)60-32-21-42(9,56-13)37(52)27(7)58-32/h22-29,32-38,40,45,50-52,54-55H,14-21H2,1-13H3,(H,44,47)(H,48,49)/t22-,23?,24+,25?,26-,27?,28?,29-,32?,33+,34?,35+,36-,37?,38-,40?,41-,42?,43-/m1/s1. The summed E-state index contributed by atoms with van der Waals surface area (Å²) in [6.45, 7) is 17.3. The van der Waals surface area contributed by atoms with Crippen molar-refractivity contribution >= 4 is 17.8 Å². The summed E-state index contributed by atoms with van der Waals surface area (Å²) >= 11 is 0. The highest BCUT2D eigenvalue weighted by Gasteiger charge is 2.53. The molecule has 0 aliphatic carbocycles. The first kappa shape index (κ1) is 53.3. The van der Waals surface area contributed by atoms with Gasteiger partial charge in [0.25, 0.3) is 0 Å². The van der Waals surface area contributed by atoms with Gasteiger partial charge in [-0.15, -0.1) is 0 Å². The minimum absolute atomic E-state index is 0.0208. The summed E-state index contributed by atoms with van der Waals surface area (Å²) in [4.78, 5) is 39.6. The van der Waals surface area contributed by atoms with Gasteiger partial charge in [0.2, 0.25) is 5.91 Å². The number of hydrogen-bond donors (Lipinski definition) is 8. The lowest BCUT2D eigenvalue weighted by atomic mass is 9.72. The number of hydrogen-bond acceptors (Lipinski definition) is 16. The molecule has 0 saturated carbocycles. The molecule has 3 aliphatic rings. The van der Waals surface area contributed by atoms with E-state index >= 15 is 0 Å². The molecule has 356 valence electrons. The van der Waals surface area contributed by atoms with Crippen LogP contribution >= 0.6 is 0 Å². The van der Waals surface area contributed by atoms with E-state index in [1.165, 1.54) is 14.0 Å². The Morgan fingerprint density at radius 2 is 1.54 bits per heavy atom. The topological polar surface area (TPSA) is 255 Å². The molecule has 9 unspecified atom stereocenters. The van der Waals surface area contributed by atoms with Gasteiger partial charge in [0.05, 0.1) is 54.1 Å². The Balaban J connectivity index is 2.17. The summed E-state index contributed by atoms with van der Waals surface area (Å²) in [5.74, 6) is -5.43. The van der Waals surface area contributed by atoms with Crippen LogP contribution < -0.4 is 10.6 Å². The zero-order valence-corrected chi connectivity index (χ0v) is 38.7. The van der Waals surface area contributed by atoms with Crippen molar-refractivity contribution in [1.29, 1.82) is 0 Å². The number of ether oxygens (including phenoxy) is 6. The van der Waals surface area contributed by atoms with E-state index < -0.39 is 120 Å². The van der Waals surface area contributed by atoms with Crippen molar-refractivity contribution in [2.24, 2.45) is 23.7 Å². The van der Waals surface area contributed by atoms with Crippen LogP contribution in [0.4, 0.5) is 0 Å². The van der Waals surface area contributed by atoms with Crippen molar-refractivity contribution in [3.05, 3.63) is 0 Å². The highest BCUT2D eigenvalue weighted by Crippen LogP contribution is 2.41. The first-order chi connectivity index (χ1) is 28.2. The Hall–Kier alpha value is -2.07. The van der Waals surface area contributed by atoms with E-state index in [1.807, 2.05) is 32.8 Å². The highest BCUT2D eigenvalue weighted by molar-refractivity contribution is 5.80. The number of methoxy groups -OCH3 is 1. The van der Waals surface area contributed by atoms with Gasteiger partial charge in [0, 0.05) is 57.0 Å². The molecule has 61 heavy (non-hydrogen) atoms. The summed E-state index contributed by atoms with van der Waals surface area (Å²) < 4.78 is 37.7. The van der Waals surface area contributed by atoms with Crippen LogP contribution in [0, 0.1) is 23.7 Å². The molecule has 18 heteroatoms. The molecule has 3 fully saturated rings. The van der Waals surface area contributed by atoms with E-state index in [2.05, 4.69) is 10.6 Å². The fraction of sp³-hybridized carbons (Fsp3) is 0.930. The SMILES string of the molecule is CC[C@H]1OC(=O)[C@H](C)[C@@H](OC2CC(C)(OC)C(O)C(C)O2)C(C)[C@@H](OC2OC(C)CC(N(C)C)C2O)[C@](C)(O)C[C@@H](C)[C@H](NCCNC(=O)CCC(=O)O)[C@H](C)[C@@H](O)[C@]1(C)O. The molecule has 1 amide bonds. The average molecular weight is 878 g/mol. The summed E-state index contributed by atoms with van der Waals surface area (Å²) in [6.07, 6.45) is -10.1. The van der Waals surface area contributed by atoms with E-state index in [1.54, 1.807) is 48.5 Å². The maximum absolute atomic E-state index is 14.4. The van der Waals surface area contributed by atoms with Gasteiger partial charge in [-0.3, -0.25) is 14.4 Å². The number of amides is 1. The number of nitrogens with one attached hydrogen (secondary N) is 2. The monoisotopic (exact) mass is 878 g/mol. The number of carboxylic acids is 1. The van der Waals surface area contributed by atoms with Crippen LogP contribution in [-0.2, 0) is 42.8 Å². The summed E-state index contributed by atoms with van der Waals surface area (Å²) in [6, 6.07) is -0.978. The van der Waals surface area contributed by atoms with Crippen LogP contribution in [0.15, 0.2) is 0 Å². The lowest BCUT2D eigenvalue weighted by molar-refractivity contribution is -0.318. The number of likely N-dealkylation sites (N-methyl/N-ethyl adjacent to an activating group) is 1. The molecule has 3 saturated heterocycles. The molecule has 0 aromatic carbocycles. The third kappa shape index (κ3) is 13.3. The van der Waals surface area contributed by atoms with Crippen LogP contribution in [0.3, 0.4) is 0 Å². The van der Waals surface area contributed by atoms with Gasteiger partial charge >= 0.3 is 11.9 Å². The lowest BCUT2D eigenvalue weighted by Crippen LogP contribution is -2.62. The van der Waals surface area contributed by atoms with Crippen LogP contribution in [0.25, 0.3) is 0 Å². The van der Waals surface area contributed by atoms with Gasteiger partial charge in [0.15, 0.2) is 12.6 Å². The molecular formula is C43H79N3O15. The second-order valence-corrected chi connectivity index (χ2v) is 18.9. The van der Waals surface area contributed by atoms with E-state index in [0.717, 1.165) is 0 Å². The normalized spacial score (nSPS) is 44.5. The number of aliphatic hydroxyl groups excluding tert-OH is 3. The fourth-order valence-electron chi connectivity index (χ4n) is 9.74. The van der Waals surface area contributed by atoms with Gasteiger partial charge in [-0.25, -0.2) is 0 Å². The van der Waals surface area contributed by atoms with E-state index in [9.17, 15) is 39.9 Å². The van der Waals surface area contributed by atoms with E-state index in [4.69, 9.17) is 33.5 Å². The van der Waals surface area contributed by atoms with Gasteiger partial charge in [-0.1, -0.05) is 27.7 Å². The number of carbonyl (C=O) groups is 3. The zero-order chi connectivity index (χ0) is 46.4. The number of carboxylic acid groups (broad SMARTS) is 1. The summed E-state index contributed by atoms with van der Waals surface area (Å²) in [7, 11) is 5.18. The number of rotatable bonds is 14. The van der Waals surface area contributed by atoms with Crippen molar-refractivity contribution in [3.63, 3.8) is 0 Å². The molecule has 3 heterocycles. The molecule has 0 spiro atoms. The zero-order valence-electron chi connectivity index (χ0n) is 38.7. The summed E-state index contributed by atoms with van der Waals surface area (Å²) in [5, 5.41) is 74.6. The molecule has 0 radical (unpaired) electrons. The Morgan fingerprint density at radius 1 is 0.902 bits per heavy atom. The Kier molecular flexibility index (Phi) is 19.4. The van der Waals surface area contributed by atoms with Gasteiger partial charge < -0.3 is 74.6 Å². The first-order valence-corrected chi connectivity index (χ1v) is 22.0. The summed E-state index contributed by atoms with van der Waals surface area (Å²) in [5.41, 5.74) is -4.79. The number of carbonyl (C=O) groups excluding carboxylic acids is 2. The molecule has 3 rings (SSSR count). The number of aliphatic hydroxyl groups is 5. The third-order valence-electron chi connectivity index (χ3n) is 13.5. The molecule has 0 bridgehead atoms. The van der Waals surface area contributed by atoms with E-state index in [0.29, 0.717) is 6.42 Å². The van der Waals surface area contributed by atoms with Crippen molar-refractivity contribution in [2.75, 3.05) is 34.3 Å². The van der Waals surface area contributed by atoms with Crippen molar-refractivity contribution in [2.45, 2.75) is 198 Å². The minimum Gasteiger partial charge on any atom is -0.481 e. The molecular weight excluding hydrogens is 798 g/mol. The Bertz CT molecular complexity index is 1420. The predicted octanol–water partition coefficient (Wildman–Crippen LogP) is 1.16.